The first kappa shape index (κ1) is 16.0. The smallest absolute Gasteiger partial charge is 0.222 e. The minimum absolute atomic E-state index is 0. The Morgan fingerprint density at radius 2 is 2.42 bits per heavy atom. The zero-order valence-electron chi connectivity index (χ0n) is 11.5. The first-order valence-electron chi connectivity index (χ1n) is 6.54. The van der Waals surface area contributed by atoms with Gasteiger partial charge in [-0.2, -0.15) is 0 Å². The number of hydrogen-bond acceptors (Lipinski definition) is 4. The van der Waals surface area contributed by atoms with Crippen molar-refractivity contribution >= 4 is 18.3 Å². The first-order chi connectivity index (χ1) is 8.65. The van der Waals surface area contributed by atoms with E-state index < -0.39 is 0 Å². The van der Waals surface area contributed by atoms with Gasteiger partial charge in [0.1, 0.15) is 11.5 Å². The number of nitrogens with zero attached hydrogens (tertiary/aromatic N) is 2. The number of nitrogens with one attached hydrogen (secondary N) is 1. The minimum Gasteiger partial charge on any atom is -0.361 e. The van der Waals surface area contributed by atoms with Crippen molar-refractivity contribution in [1.29, 1.82) is 0 Å². The second-order valence-corrected chi connectivity index (χ2v) is 5.01. The Hall–Kier alpha value is -1.07. The van der Waals surface area contributed by atoms with Crippen molar-refractivity contribution in [3.63, 3.8) is 0 Å². The van der Waals surface area contributed by atoms with E-state index in [1.807, 2.05) is 20.0 Å². The van der Waals surface area contributed by atoms with E-state index in [0.29, 0.717) is 19.0 Å². The van der Waals surface area contributed by atoms with Gasteiger partial charge in [-0.05, 0) is 32.7 Å². The maximum absolute atomic E-state index is 12.0. The maximum atomic E-state index is 12.0. The highest BCUT2D eigenvalue weighted by Gasteiger charge is 2.17. The molecular weight excluding hydrogens is 266 g/mol. The number of carbonyl (C=O) groups excluding carboxylic acids is 1. The van der Waals surface area contributed by atoms with Crippen LogP contribution in [0.3, 0.4) is 0 Å². The summed E-state index contributed by atoms with van der Waals surface area (Å²) in [5, 5.41) is 7.30. The Morgan fingerprint density at radius 1 is 1.63 bits per heavy atom. The quantitative estimate of drug-likeness (QED) is 0.898. The van der Waals surface area contributed by atoms with E-state index in [4.69, 9.17) is 4.52 Å². The van der Waals surface area contributed by atoms with Crippen molar-refractivity contribution in [1.82, 2.24) is 15.4 Å². The number of hydrogen-bond donors (Lipinski definition) is 1. The van der Waals surface area contributed by atoms with Gasteiger partial charge in [0.05, 0.1) is 6.54 Å². The minimum atomic E-state index is 0. The third-order valence-corrected chi connectivity index (χ3v) is 3.37. The average Bonchev–Trinajstić information content (AvgIpc) is 2.97. The van der Waals surface area contributed by atoms with Gasteiger partial charge in [0, 0.05) is 25.6 Å². The predicted molar refractivity (Wildman–Crippen MR) is 75.2 cm³/mol. The molecule has 1 aromatic heterocycles. The molecule has 1 fully saturated rings. The zero-order chi connectivity index (χ0) is 13.0. The molecule has 1 aliphatic rings. The van der Waals surface area contributed by atoms with E-state index in [0.717, 1.165) is 24.4 Å². The highest BCUT2D eigenvalue weighted by atomic mass is 35.5. The fourth-order valence-corrected chi connectivity index (χ4v) is 2.32. The lowest BCUT2D eigenvalue weighted by Crippen LogP contribution is -2.29. The van der Waals surface area contributed by atoms with Gasteiger partial charge in [-0.25, -0.2) is 0 Å². The second kappa shape index (κ2) is 7.50. The Labute approximate surface area is 120 Å². The maximum Gasteiger partial charge on any atom is 0.222 e. The van der Waals surface area contributed by atoms with Gasteiger partial charge in [0.15, 0.2) is 0 Å². The average molecular weight is 288 g/mol. The van der Waals surface area contributed by atoms with Crippen LogP contribution in [0.15, 0.2) is 10.6 Å². The molecule has 6 heteroatoms. The molecule has 1 unspecified atom stereocenters. The topological polar surface area (TPSA) is 58.4 Å². The summed E-state index contributed by atoms with van der Waals surface area (Å²) in [7, 11) is 1.81. The lowest BCUT2D eigenvalue weighted by Gasteiger charge is -2.17. The van der Waals surface area contributed by atoms with Crippen molar-refractivity contribution < 1.29 is 9.32 Å². The number of amides is 1. The van der Waals surface area contributed by atoms with Crippen LogP contribution in [0.1, 0.15) is 37.1 Å². The zero-order valence-corrected chi connectivity index (χ0v) is 12.3. The standard InChI is InChI=1S/C13H21N3O2.ClH/c1-10-8-12(15-18-10)9-16(2)13(17)6-5-11-4-3-7-14-11;/h8,11,14H,3-7,9H2,1-2H3;1H. The van der Waals surface area contributed by atoms with Gasteiger partial charge in [0.2, 0.25) is 5.91 Å². The van der Waals surface area contributed by atoms with Crippen LogP contribution < -0.4 is 5.32 Å². The third-order valence-electron chi connectivity index (χ3n) is 3.37. The van der Waals surface area contributed by atoms with Crippen molar-refractivity contribution in [2.45, 2.75) is 45.2 Å². The molecule has 1 N–H and O–H groups in total. The Morgan fingerprint density at radius 3 is 3.00 bits per heavy atom. The summed E-state index contributed by atoms with van der Waals surface area (Å²) < 4.78 is 4.99. The summed E-state index contributed by atoms with van der Waals surface area (Å²) in [5.74, 6) is 0.949. The van der Waals surface area contributed by atoms with Crippen LogP contribution in [0.4, 0.5) is 0 Å². The van der Waals surface area contributed by atoms with E-state index in [1.54, 1.807) is 4.90 Å². The molecule has 1 amide bonds. The molecule has 0 aromatic carbocycles. The van der Waals surface area contributed by atoms with Crippen molar-refractivity contribution in [2.75, 3.05) is 13.6 Å². The third kappa shape index (κ3) is 4.84. The predicted octanol–water partition coefficient (Wildman–Crippen LogP) is 1.90. The number of rotatable bonds is 5. The van der Waals surface area contributed by atoms with Crippen LogP contribution in [-0.4, -0.2) is 35.6 Å². The van der Waals surface area contributed by atoms with Crippen LogP contribution >= 0.6 is 12.4 Å². The summed E-state index contributed by atoms with van der Waals surface area (Å²) in [6, 6.07) is 2.39. The van der Waals surface area contributed by atoms with Gasteiger partial charge in [-0.3, -0.25) is 4.79 Å². The second-order valence-electron chi connectivity index (χ2n) is 5.01. The summed E-state index contributed by atoms with van der Waals surface area (Å²) in [6.07, 6.45) is 3.96. The molecule has 1 aliphatic heterocycles. The SMILES string of the molecule is Cc1cc(CN(C)C(=O)CCC2CCCN2)no1.Cl. The number of aryl methyl sites for hydroxylation is 1. The van der Waals surface area contributed by atoms with E-state index in [2.05, 4.69) is 10.5 Å². The molecule has 108 valence electrons. The fourth-order valence-electron chi connectivity index (χ4n) is 2.32. The van der Waals surface area contributed by atoms with E-state index in [1.165, 1.54) is 12.8 Å². The Kier molecular flexibility index (Phi) is 6.31. The van der Waals surface area contributed by atoms with E-state index in [9.17, 15) is 4.79 Å². The normalized spacial score (nSPS) is 18.1. The number of carbonyl (C=O) groups is 1. The summed E-state index contributed by atoms with van der Waals surface area (Å²) >= 11 is 0. The Balaban J connectivity index is 0.00000180. The van der Waals surface area contributed by atoms with Crippen molar-refractivity contribution in [3.05, 3.63) is 17.5 Å². The fraction of sp³-hybridized carbons (Fsp3) is 0.692. The van der Waals surface area contributed by atoms with Gasteiger partial charge >= 0.3 is 0 Å². The molecule has 0 spiro atoms. The van der Waals surface area contributed by atoms with Crippen LogP contribution in [0.25, 0.3) is 0 Å². The van der Waals surface area contributed by atoms with Gasteiger partial charge in [-0.1, -0.05) is 5.16 Å². The number of halogens is 1. The van der Waals surface area contributed by atoms with Gasteiger partial charge in [0.25, 0.3) is 0 Å². The van der Waals surface area contributed by atoms with E-state index in [-0.39, 0.29) is 18.3 Å². The number of aromatic nitrogens is 1. The molecule has 2 heterocycles. The molecular formula is C13H22ClN3O2. The van der Waals surface area contributed by atoms with Crippen LogP contribution in [0, 0.1) is 6.92 Å². The van der Waals surface area contributed by atoms with Crippen molar-refractivity contribution in [3.8, 4) is 0 Å². The summed E-state index contributed by atoms with van der Waals surface area (Å²) in [6.45, 7) is 3.46. The van der Waals surface area contributed by atoms with Gasteiger partial charge in [-0.15, -0.1) is 12.4 Å². The molecule has 5 nitrogen and oxygen atoms in total. The Bertz CT molecular complexity index is 402. The molecule has 19 heavy (non-hydrogen) atoms. The van der Waals surface area contributed by atoms with Crippen LogP contribution in [-0.2, 0) is 11.3 Å². The molecule has 0 radical (unpaired) electrons. The molecule has 2 rings (SSSR count). The van der Waals surface area contributed by atoms with Crippen LogP contribution in [0.5, 0.6) is 0 Å². The highest BCUT2D eigenvalue weighted by molar-refractivity contribution is 5.85. The lowest BCUT2D eigenvalue weighted by atomic mass is 10.1. The molecule has 1 aromatic rings. The first-order valence-corrected chi connectivity index (χ1v) is 6.54. The molecule has 0 bridgehead atoms. The van der Waals surface area contributed by atoms with Gasteiger partial charge < -0.3 is 14.7 Å². The van der Waals surface area contributed by atoms with Crippen molar-refractivity contribution in [2.24, 2.45) is 0 Å². The summed E-state index contributed by atoms with van der Waals surface area (Å²) in [5.41, 5.74) is 0.808. The molecule has 1 atom stereocenters. The lowest BCUT2D eigenvalue weighted by molar-refractivity contribution is -0.130. The molecule has 0 saturated carbocycles. The van der Waals surface area contributed by atoms with Crippen LogP contribution in [0.2, 0.25) is 0 Å². The van der Waals surface area contributed by atoms with E-state index >= 15 is 0 Å². The highest BCUT2D eigenvalue weighted by Crippen LogP contribution is 2.12. The largest absolute Gasteiger partial charge is 0.361 e. The molecule has 0 aliphatic carbocycles. The monoisotopic (exact) mass is 287 g/mol. The molecule has 1 saturated heterocycles. The summed E-state index contributed by atoms with van der Waals surface area (Å²) in [4.78, 5) is 13.7.